The van der Waals surface area contributed by atoms with Gasteiger partial charge in [0.15, 0.2) is 6.61 Å². The molecule has 8 heteroatoms. The molecule has 2 aromatic carbocycles. The Hall–Kier alpha value is -2.57. The summed E-state index contributed by atoms with van der Waals surface area (Å²) in [6.07, 6.45) is 3.30. The molecule has 1 amide bonds. The molecule has 0 saturated heterocycles. The number of imidazole rings is 1. The summed E-state index contributed by atoms with van der Waals surface area (Å²) >= 11 is 11.8. The van der Waals surface area contributed by atoms with Gasteiger partial charge in [0, 0.05) is 24.0 Å². The lowest BCUT2D eigenvalue weighted by Crippen LogP contribution is -2.28. The second-order valence-electron chi connectivity index (χ2n) is 5.77. The minimum atomic E-state index is -0.396. The van der Waals surface area contributed by atoms with Crippen molar-refractivity contribution in [3.05, 3.63) is 76.0 Å². The predicted octanol–water partition coefficient (Wildman–Crippen LogP) is 4.32. The Morgan fingerprint density at radius 2 is 2.07 bits per heavy atom. The molecule has 0 aliphatic heterocycles. The fraction of sp³-hybridized carbons (Fsp3) is 0.158. The van der Waals surface area contributed by atoms with E-state index in [0.29, 0.717) is 32.9 Å². The minimum Gasteiger partial charge on any atom is -0.482 e. The number of aromatic nitrogens is 2. The van der Waals surface area contributed by atoms with Crippen LogP contribution in [-0.2, 0) is 11.3 Å². The molecule has 0 saturated carbocycles. The molecule has 0 radical (unpaired) electrons. The summed E-state index contributed by atoms with van der Waals surface area (Å²) in [5.41, 5.74) is 1.03. The first-order valence-corrected chi connectivity index (χ1v) is 8.83. The SMILES string of the molecule is Cc1nccn1-c1ccc(CNC(=O)COc2ccc(Cl)cc2Cl)cc1F. The van der Waals surface area contributed by atoms with Crippen molar-refractivity contribution in [1.82, 2.24) is 14.9 Å². The van der Waals surface area contributed by atoms with Crippen LogP contribution in [0.25, 0.3) is 5.69 Å². The Bertz CT molecular complexity index is 975. The molecule has 5 nitrogen and oxygen atoms in total. The fourth-order valence-electron chi connectivity index (χ4n) is 2.48. The maximum atomic E-state index is 14.4. The number of carbonyl (C=O) groups is 1. The van der Waals surface area contributed by atoms with Gasteiger partial charge in [0.25, 0.3) is 5.91 Å². The van der Waals surface area contributed by atoms with Crippen LogP contribution in [0.2, 0.25) is 10.0 Å². The first-order valence-electron chi connectivity index (χ1n) is 8.07. The van der Waals surface area contributed by atoms with E-state index in [2.05, 4.69) is 10.3 Å². The van der Waals surface area contributed by atoms with Gasteiger partial charge in [-0.2, -0.15) is 0 Å². The molecule has 0 unspecified atom stereocenters. The van der Waals surface area contributed by atoms with Gasteiger partial charge in [0.05, 0.1) is 10.7 Å². The van der Waals surface area contributed by atoms with E-state index in [0.717, 1.165) is 0 Å². The first-order chi connectivity index (χ1) is 12.9. The zero-order chi connectivity index (χ0) is 19.4. The maximum absolute atomic E-state index is 14.4. The molecule has 3 aromatic rings. The molecule has 1 heterocycles. The normalized spacial score (nSPS) is 10.7. The van der Waals surface area contributed by atoms with E-state index in [1.165, 1.54) is 12.1 Å². The third kappa shape index (κ3) is 4.78. The smallest absolute Gasteiger partial charge is 0.258 e. The summed E-state index contributed by atoms with van der Waals surface area (Å²) in [5.74, 6) is 0.304. The van der Waals surface area contributed by atoms with E-state index in [1.807, 2.05) is 0 Å². The lowest BCUT2D eigenvalue weighted by atomic mass is 10.2. The zero-order valence-corrected chi connectivity index (χ0v) is 15.9. The van der Waals surface area contributed by atoms with Crippen molar-refractivity contribution in [3.63, 3.8) is 0 Å². The van der Waals surface area contributed by atoms with Crippen molar-refractivity contribution in [2.75, 3.05) is 6.61 Å². The van der Waals surface area contributed by atoms with Crippen LogP contribution in [0.4, 0.5) is 4.39 Å². The monoisotopic (exact) mass is 407 g/mol. The average Bonchev–Trinajstić information content (AvgIpc) is 3.05. The highest BCUT2D eigenvalue weighted by Crippen LogP contribution is 2.27. The third-order valence-electron chi connectivity index (χ3n) is 3.84. The number of benzene rings is 2. The molecule has 27 heavy (non-hydrogen) atoms. The quantitative estimate of drug-likeness (QED) is 0.661. The van der Waals surface area contributed by atoms with Crippen molar-refractivity contribution in [2.24, 2.45) is 0 Å². The second-order valence-corrected chi connectivity index (χ2v) is 6.61. The van der Waals surface area contributed by atoms with Crippen molar-refractivity contribution >= 4 is 29.1 Å². The Morgan fingerprint density at radius 1 is 1.26 bits per heavy atom. The average molecular weight is 408 g/mol. The van der Waals surface area contributed by atoms with Crippen LogP contribution in [0.15, 0.2) is 48.8 Å². The van der Waals surface area contributed by atoms with E-state index in [1.54, 1.807) is 48.1 Å². The zero-order valence-electron chi connectivity index (χ0n) is 14.4. The Balaban J connectivity index is 1.56. The lowest BCUT2D eigenvalue weighted by molar-refractivity contribution is -0.123. The Morgan fingerprint density at radius 3 is 2.74 bits per heavy atom. The van der Waals surface area contributed by atoms with Crippen LogP contribution in [-0.4, -0.2) is 22.1 Å². The summed E-state index contributed by atoms with van der Waals surface area (Å²) in [6, 6.07) is 9.51. The molecule has 0 fully saturated rings. The molecule has 140 valence electrons. The predicted molar refractivity (Wildman–Crippen MR) is 102 cm³/mol. The van der Waals surface area contributed by atoms with Crippen molar-refractivity contribution in [1.29, 1.82) is 0 Å². The topological polar surface area (TPSA) is 56.2 Å². The molecule has 3 rings (SSSR count). The van der Waals surface area contributed by atoms with Crippen molar-refractivity contribution in [3.8, 4) is 11.4 Å². The molecule has 0 atom stereocenters. The van der Waals surface area contributed by atoms with E-state index < -0.39 is 5.82 Å². The van der Waals surface area contributed by atoms with Gasteiger partial charge >= 0.3 is 0 Å². The minimum absolute atomic E-state index is 0.177. The number of aryl methyl sites for hydroxylation is 1. The second kappa shape index (κ2) is 8.41. The summed E-state index contributed by atoms with van der Waals surface area (Å²) in [7, 11) is 0. The molecular weight excluding hydrogens is 392 g/mol. The van der Waals surface area contributed by atoms with Crippen LogP contribution in [0.1, 0.15) is 11.4 Å². The van der Waals surface area contributed by atoms with Crippen LogP contribution in [0, 0.1) is 12.7 Å². The van der Waals surface area contributed by atoms with Crippen molar-refractivity contribution < 1.29 is 13.9 Å². The van der Waals surface area contributed by atoms with Crippen LogP contribution < -0.4 is 10.1 Å². The fourth-order valence-corrected chi connectivity index (χ4v) is 2.94. The van der Waals surface area contributed by atoms with Gasteiger partial charge in [-0.15, -0.1) is 0 Å². The van der Waals surface area contributed by atoms with E-state index in [-0.39, 0.29) is 19.1 Å². The van der Waals surface area contributed by atoms with Gasteiger partial charge in [-0.1, -0.05) is 29.3 Å². The van der Waals surface area contributed by atoms with Gasteiger partial charge in [0.1, 0.15) is 17.4 Å². The van der Waals surface area contributed by atoms with E-state index in [9.17, 15) is 9.18 Å². The molecule has 0 aliphatic rings. The van der Waals surface area contributed by atoms with E-state index in [4.69, 9.17) is 27.9 Å². The molecule has 1 aromatic heterocycles. The Kier molecular flexibility index (Phi) is 5.98. The van der Waals surface area contributed by atoms with E-state index >= 15 is 0 Å². The maximum Gasteiger partial charge on any atom is 0.258 e. The lowest BCUT2D eigenvalue weighted by Gasteiger charge is -2.11. The number of hydrogen-bond donors (Lipinski definition) is 1. The first kappa shape index (κ1) is 19.2. The van der Waals surface area contributed by atoms with Gasteiger partial charge < -0.3 is 14.6 Å². The standard InChI is InChI=1S/C19H16Cl2FN3O2/c1-12-23-6-7-25(12)17-4-2-13(8-16(17)22)10-24-19(26)11-27-18-5-3-14(20)9-15(18)21/h2-9H,10-11H2,1H3,(H,24,26). The highest BCUT2D eigenvalue weighted by atomic mass is 35.5. The number of amides is 1. The van der Waals surface area contributed by atoms with Gasteiger partial charge in [-0.05, 0) is 42.8 Å². The molecule has 1 N–H and O–H groups in total. The number of nitrogens with zero attached hydrogens (tertiary/aromatic N) is 2. The van der Waals surface area contributed by atoms with Crippen molar-refractivity contribution in [2.45, 2.75) is 13.5 Å². The van der Waals surface area contributed by atoms with Gasteiger partial charge in [-0.25, -0.2) is 9.37 Å². The molecule has 0 spiro atoms. The summed E-state index contributed by atoms with van der Waals surface area (Å²) in [6.45, 7) is 1.76. The third-order valence-corrected chi connectivity index (χ3v) is 4.37. The number of rotatable bonds is 6. The Labute approximate surface area is 165 Å². The molecule has 0 aliphatic carbocycles. The summed E-state index contributed by atoms with van der Waals surface area (Å²) in [4.78, 5) is 16.0. The van der Waals surface area contributed by atoms with Crippen LogP contribution in [0.5, 0.6) is 5.75 Å². The number of ether oxygens (including phenoxy) is 1. The van der Waals surface area contributed by atoms with Crippen LogP contribution >= 0.6 is 23.2 Å². The van der Waals surface area contributed by atoms with Crippen LogP contribution in [0.3, 0.4) is 0 Å². The number of nitrogens with one attached hydrogen (secondary N) is 1. The molecule has 0 bridgehead atoms. The number of halogens is 3. The number of carbonyl (C=O) groups excluding carboxylic acids is 1. The highest BCUT2D eigenvalue weighted by molar-refractivity contribution is 6.35. The summed E-state index contributed by atoms with van der Waals surface area (Å²) in [5, 5.41) is 3.48. The molecular formula is C19H16Cl2FN3O2. The number of hydrogen-bond acceptors (Lipinski definition) is 3. The highest BCUT2D eigenvalue weighted by Gasteiger charge is 2.10. The summed E-state index contributed by atoms with van der Waals surface area (Å²) < 4.78 is 21.4. The largest absolute Gasteiger partial charge is 0.482 e. The van der Waals surface area contributed by atoms with Gasteiger partial charge in [0.2, 0.25) is 0 Å². The van der Waals surface area contributed by atoms with Gasteiger partial charge in [-0.3, -0.25) is 4.79 Å².